The Balaban J connectivity index is 1.59. The topological polar surface area (TPSA) is 93.0 Å². The lowest BCUT2D eigenvalue weighted by Crippen LogP contribution is -2.37. The Kier molecular flexibility index (Phi) is 6.10. The fourth-order valence-electron chi connectivity index (χ4n) is 3.20. The van der Waals surface area contributed by atoms with Crippen molar-refractivity contribution in [1.29, 1.82) is 0 Å². The van der Waals surface area contributed by atoms with E-state index in [0.29, 0.717) is 38.2 Å². The van der Waals surface area contributed by atoms with E-state index in [-0.39, 0.29) is 17.6 Å². The number of likely N-dealkylation sites (tertiary alicyclic amines) is 1. The molecule has 1 aromatic carbocycles. The highest BCUT2D eigenvalue weighted by molar-refractivity contribution is 5.80. The van der Waals surface area contributed by atoms with Crippen LogP contribution in [0.25, 0.3) is 0 Å². The number of nitrogens with one attached hydrogen (secondary N) is 1. The Morgan fingerprint density at radius 1 is 1.33 bits per heavy atom. The molecule has 0 aliphatic carbocycles. The number of hydrogen-bond donors (Lipinski definition) is 1. The molecule has 0 spiro atoms. The van der Waals surface area contributed by atoms with Crippen molar-refractivity contribution >= 4 is 11.8 Å². The molecule has 9 heteroatoms. The maximum Gasteiger partial charge on any atom is 0.245 e. The number of carbonyl (C=O) groups excluding carboxylic acids is 2. The molecule has 1 aliphatic heterocycles. The molecule has 1 fully saturated rings. The molecule has 27 heavy (non-hydrogen) atoms. The number of benzene rings is 1. The van der Waals surface area contributed by atoms with E-state index in [1.165, 1.54) is 16.8 Å². The number of amides is 2. The van der Waals surface area contributed by atoms with Gasteiger partial charge in [-0.15, -0.1) is 5.10 Å². The van der Waals surface area contributed by atoms with Gasteiger partial charge in [-0.25, -0.2) is 9.07 Å². The van der Waals surface area contributed by atoms with Crippen molar-refractivity contribution in [2.24, 2.45) is 0 Å². The minimum atomic E-state index is -0.626. The summed E-state index contributed by atoms with van der Waals surface area (Å²) in [6, 6.07) is 5.40. The standard InChI is InChI=1S/C18H23FN6O2/c1-13-21-22-23-25(13)16(12-14-5-7-15(19)8-6-14)18(27)20-9-3-11-24-10-2-4-17(24)26/h5-8,16H,2-4,9-12H2,1H3,(H,20,27)/t16-/m0/s1. The lowest BCUT2D eigenvalue weighted by atomic mass is 10.1. The molecule has 1 aromatic heterocycles. The Hall–Kier alpha value is -2.84. The molecule has 3 rings (SSSR count). The van der Waals surface area contributed by atoms with Crippen LogP contribution < -0.4 is 5.32 Å². The molecular formula is C18H23FN6O2. The molecule has 2 aromatic rings. The third-order valence-corrected chi connectivity index (χ3v) is 4.67. The highest BCUT2D eigenvalue weighted by Gasteiger charge is 2.24. The second-order valence-electron chi connectivity index (χ2n) is 6.65. The predicted octanol–water partition coefficient (Wildman–Crippen LogP) is 1.03. The van der Waals surface area contributed by atoms with Crippen molar-refractivity contribution < 1.29 is 14.0 Å². The first-order valence-electron chi connectivity index (χ1n) is 9.09. The van der Waals surface area contributed by atoms with Gasteiger partial charge in [-0.3, -0.25) is 9.59 Å². The average molecular weight is 374 g/mol. The van der Waals surface area contributed by atoms with E-state index in [0.717, 1.165) is 18.5 Å². The maximum atomic E-state index is 13.1. The SMILES string of the molecule is Cc1nnnn1[C@@H](Cc1ccc(F)cc1)C(=O)NCCCN1CCCC1=O. The zero-order valence-corrected chi connectivity index (χ0v) is 15.3. The molecular weight excluding hydrogens is 351 g/mol. The average Bonchev–Trinajstić information content (AvgIpc) is 3.26. The molecule has 0 radical (unpaired) electrons. The smallest absolute Gasteiger partial charge is 0.245 e. The number of nitrogens with zero attached hydrogens (tertiary/aromatic N) is 5. The summed E-state index contributed by atoms with van der Waals surface area (Å²) in [7, 11) is 0. The molecule has 1 atom stereocenters. The van der Waals surface area contributed by atoms with Crippen molar-refractivity contribution in [2.45, 2.75) is 38.6 Å². The highest BCUT2D eigenvalue weighted by atomic mass is 19.1. The number of aryl methyl sites for hydroxylation is 1. The van der Waals surface area contributed by atoms with Crippen molar-refractivity contribution in [2.75, 3.05) is 19.6 Å². The Labute approximate surface area is 156 Å². The highest BCUT2D eigenvalue weighted by Crippen LogP contribution is 2.16. The fourth-order valence-corrected chi connectivity index (χ4v) is 3.20. The van der Waals surface area contributed by atoms with Gasteiger partial charge in [0, 0.05) is 32.5 Å². The van der Waals surface area contributed by atoms with Gasteiger partial charge in [-0.1, -0.05) is 12.1 Å². The number of rotatable bonds is 8. The van der Waals surface area contributed by atoms with Crippen molar-refractivity contribution in [3.8, 4) is 0 Å². The molecule has 8 nitrogen and oxygen atoms in total. The van der Waals surface area contributed by atoms with E-state index < -0.39 is 6.04 Å². The number of aromatic nitrogens is 4. The summed E-state index contributed by atoms with van der Waals surface area (Å²) >= 11 is 0. The first kappa shape index (κ1) is 18.9. The third-order valence-electron chi connectivity index (χ3n) is 4.67. The second kappa shape index (κ2) is 8.70. The Bertz CT molecular complexity index is 791. The minimum Gasteiger partial charge on any atom is -0.354 e. The molecule has 2 amide bonds. The number of halogens is 1. The summed E-state index contributed by atoms with van der Waals surface area (Å²) in [4.78, 5) is 26.2. The zero-order chi connectivity index (χ0) is 19.2. The van der Waals surface area contributed by atoms with Crippen LogP contribution in [0, 0.1) is 12.7 Å². The summed E-state index contributed by atoms with van der Waals surface area (Å²) in [5.74, 6) is 0.178. The number of hydrogen-bond acceptors (Lipinski definition) is 5. The van der Waals surface area contributed by atoms with Crippen LogP contribution in [0.4, 0.5) is 4.39 Å². The first-order valence-corrected chi connectivity index (χ1v) is 9.09. The minimum absolute atomic E-state index is 0.180. The van der Waals surface area contributed by atoms with Crippen molar-refractivity contribution in [3.05, 3.63) is 41.5 Å². The van der Waals surface area contributed by atoms with E-state index in [2.05, 4.69) is 20.8 Å². The summed E-state index contributed by atoms with van der Waals surface area (Å²) < 4.78 is 14.6. The van der Waals surface area contributed by atoms with Gasteiger partial charge in [0.1, 0.15) is 17.7 Å². The van der Waals surface area contributed by atoms with Crippen LogP contribution >= 0.6 is 0 Å². The normalized spacial score (nSPS) is 15.2. The van der Waals surface area contributed by atoms with Crippen LogP contribution in [-0.2, 0) is 16.0 Å². The van der Waals surface area contributed by atoms with E-state index in [4.69, 9.17) is 0 Å². The van der Waals surface area contributed by atoms with E-state index in [1.54, 1.807) is 19.1 Å². The van der Waals surface area contributed by atoms with Gasteiger partial charge in [0.05, 0.1) is 0 Å². The second-order valence-corrected chi connectivity index (χ2v) is 6.65. The third kappa shape index (κ3) is 4.87. The van der Waals surface area contributed by atoms with Crippen LogP contribution in [-0.4, -0.2) is 56.6 Å². The van der Waals surface area contributed by atoms with Crippen LogP contribution in [0.3, 0.4) is 0 Å². The van der Waals surface area contributed by atoms with Crippen LogP contribution in [0.2, 0.25) is 0 Å². The van der Waals surface area contributed by atoms with Gasteiger partial charge in [-0.05, 0) is 47.9 Å². The van der Waals surface area contributed by atoms with Crippen molar-refractivity contribution in [3.63, 3.8) is 0 Å². The van der Waals surface area contributed by atoms with Gasteiger partial charge >= 0.3 is 0 Å². The maximum absolute atomic E-state index is 13.1. The van der Waals surface area contributed by atoms with E-state index in [1.807, 2.05) is 4.90 Å². The molecule has 1 N–H and O–H groups in total. The van der Waals surface area contributed by atoms with Gasteiger partial charge in [0.15, 0.2) is 0 Å². The molecule has 1 aliphatic rings. The Morgan fingerprint density at radius 3 is 2.74 bits per heavy atom. The first-order chi connectivity index (χ1) is 13.0. The molecule has 0 unspecified atom stereocenters. The summed E-state index contributed by atoms with van der Waals surface area (Å²) in [5, 5.41) is 14.3. The number of tetrazole rings is 1. The molecule has 2 heterocycles. The summed E-state index contributed by atoms with van der Waals surface area (Å²) in [5.41, 5.74) is 0.814. The fraction of sp³-hybridized carbons (Fsp3) is 0.500. The van der Waals surface area contributed by atoms with Gasteiger partial charge in [0.25, 0.3) is 0 Å². The monoisotopic (exact) mass is 374 g/mol. The van der Waals surface area contributed by atoms with Gasteiger partial charge in [0.2, 0.25) is 11.8 Å². The van der Waals surface area contributed by atoms with E-state index >= 15 is 0 Å². The van der Waals surface area contributed by atoms with Gasteiger partial charge in [-0.2, -0.15) is 0 Å². The summed E-state index contributed by atoms with van der Waals surface area (Å²) in [6.07, 6.45) is 2.56. The Morgan fingerprint density at radius 2 is 2.11 bits per heavy atom. The lowest BCUT2D eigenvalue weighted by molar-refractivity contribution is -0.127. The van der Waals surface area contributed by atoms with Crippen LogP contribution in [0.15, 0.2) is 24.3 Å². The zero-order valence-electron chi connectivity index (χ0n) is 15.3. The molecule has 144 valence electrons. The molecule has 0 bridgehead atoms. The van der Waals surface area contributed by atoms with Crippen LogP contribution in [0.1, 0.15) is 36.7 Å². The lowest BCUT2D eigenvalue weighted by Gasteiger charge is -2.19. The van der Waals surface area contributed by atoms with Gasteiger partial charge < -0.3 is 10.2 Å². The summed E-state index contributed by atoms with van der Waals surface area (Å²) in [6.45, 7) is 3.63. The van der Waals surface area contributed by atoms with Crippen LogP contribution in [0.5, 0.6) is 0 Å². The quantitative estimate of drug-likeness (QED) is 0.697. The van der Waals surface area contributed by atoms with E-state index in [9.17, 15) is 14.0 Å². The van der Waals surface area contributed by atoms with Crippen molar-refractivity contribution in [1.82, 2.24) is 30.4 Å². The number of carbonyl (C=O) groups is 2. The molecule has 0 saturated carbocycles. The largest absolute Gasteiger partial charge is 0.354 e. The molecule has 1 saturated heterocycles. The predicted molar refractivity (Wildman–Crippen MR) is 95.1 cm³/mol.